The molecule has 0 aromatic carbocycles. The van der Waals surface area contributed by atoms with Crippen LogP contribution >= 0.6 is 11.3 Å². The Morgan fingerprint density at radius 2 is 2.21 bits per heavy atom. The second-order valence-electron chi connectivity index (χ2n) is 4.73. The van der Waals surface area contributed by atoms with E-state index in [1.54, 1.807) is 16.2 Å². The Morgan fingerprint density at radius 1 is 1.42 bits per heavy atom. The van der Waals surface area contributed by atoms with Gasteiger partial charge >= 0.3 is 0 Å². The van der Waals surface area contributed by atoms with Gasteiger partial charge in [0, 0.05) is 20.1 Å². The third-order valence-corrected chi connectivity index (χ3v) is 3.76. The van der Waals surface area contributed by atoms with Gasteiger partial charge in [0.25, 0.3) is 0 Å². The van der Waals surface area contributed by atoms with E-state index in [-0.39, 0.29) is 12.5 Å². The maximum absolute atomic E-state index is 12.1. The smallest absolute Gasteiger partial charge is 0.236 e. The Balaban J connectivity index is 2.41. The number of thiophene rings is 1. The van der Waals surface area contributed by atoms with Gasteiger partial charge in [0.2, 0.25) is 5.91 Å². The minimum Gasteiger partial charge on any atom is -0.395 e. The van der Waals surface area contributed by atoms with Crippen LogP contribution in [0.2, 0.25) is 0 Å². The zero-order valence-electron chi connectivity index (χ0n) is 11.8. The topological polar surface area (TPSA) is 43.8 Å². The van der Waals surface area contributed by atoms with Gasteiger partial charge in [-0.25, -0.2) is 0 Å². The number of hydrogen-bond donors (Lipinski definition) is 1. The average molecular weight is 284 g/mol. The summed E-state index contributed by atoms with van der Waals surface area (Å²) in [5.41, 5.74) is 1.17. The molecule has 0 fully saturated rings. The highest BCUT2D eigenvalue weighted by Crippen LogP contribution is 2.08. The summed E-state index contributed by atoms with van der Waals surface area (Å²) < 4.78 is 0. The van der Waals surface area contributed by atoms with E-state index in [0.717, 1.165) is 19.4 Å². The molecule has 1 N–H and O–H groups in total. The van der Waals surface area contributed by atoms with E-state index >= 15 is 0 Å². The average Bonchev–Trinajstić information content (AvgIpc) is 2.88. The number of likely N-dealkylation sites (N-methyl/N-ethyl adjacent to an activating group) is 1. The molecule has 4 nitrogen and oxygen atoms in total. The van der Waals surface area contributed by atoms with E-state index in [2.05, 4.69) is 12.3 Å². The SMILES string of the molecule is CCCCN(CCO)CC(=O)N(C)Cc1ccsc1. The number of nitrogens with zero attached hydrogens (tertiary/aromatic N) is 2. The lowest BCUT2D eigenvalue weighted by Gasteiger charge is -2.24. The van der Waals surface area contributed by atoms with Crippen molar-refractivity contribution < 1.29 is 9.90 Å². The predicted octanol–water partition coefficient (Wildman–Crippen LogP) is 1.80. The quantitative estimate of drug-likeness (QED) is 0.752. The van der Waals surface area contributed by atoms with Crippen molar-refractivity contribution in [3.8, 4) is 0 Å². The molecular formula is C14H24N2O2S. The van der Waals surface area contributed by atoms with Crippen LogP contribution in [0.3, 0.4) is 0 Å². The minimum atomic E-state index is 0.102. The van der Waals surface area contributed by atoms with Crippen molar-refractivity contribution in [1.82, 2.24) is 9.80 Å². The first-order valence-corrected chi connectivity index (χ1v) is 7.70. The van der Waals surface area contributed by atoms with Crippen molar-refractivity contribution in [3.05, 3.63) is 22.4 Å². The highest BCUT2D eigenvalue weighted by Gasteiger charge is 2.14. The first kappa shape index (κ1) is 16.1. The van der Waals surface area contributed by atoms with E-state index in [0.29, 0.717) is 19.6 Å². The summed E-state index contributed by atoms with van der Waals surface area (Å²) in [6.07, 6.45) is 2.16. The van der Waals surface area contributed by atoms with Crippen LogP contribution in [0.1, 0.15) is 25.3 Å². The maximum Gasteiger partial charge on any atom is 0.236 e. The fourth-order valence-corrected chi connectivity index (χ4v) is 2.51. The van der Waals surface area contributed by atoms with E-state index in [1.807, 2.05) is 23.4 Å². The van der Waals surface area contributed by atoms with Gasteiger partial charge in [0.15, 0.2) is 0 Å². The van der Waals surface area contributed by atoms with Crippen LogP contribution in [0, 0.1) is 0 Å². The van der Waals surface area contributed by atoms with Gasteiger partial charge in [-0.2, -0.15) is 11.3 Å². The Labute approximate surface area is 119 Å². The Bertz CT molecular complexity index is 354. The zero-order chi connectivity index (χ0) is 14.1. The molecule has 0 aliphatic rings. The monoisotopic (exact) mass is 284 g/mol. The number of amides is 1. The molecule has 1 aromatic heterocycles. The van der Waals surface area contributed by atoms with Crippen LogP contribution in [0.5, 0.6) is 0 Å². The Hall–Kier alpha value is -0.910. The van der Waals surface area contributed by atoms with Crippen LogP contribution in [0.25, 0.3) is 0 Å². The molecule has 1 amide bonds. The molecule has 1 rings (SSSR count). The van der Waals surface area contributed by atoms with Crippen molar-refractivity contribution in [2.45, 2.75) is 26.3 Å². The summed E-state index contributed by atoms with van der Waals surface area (Å²) in [5.74, 6) is 0.107. The number of aliphatic hydroxyl groups is 1. The standard InChI is InChI=1S/C14H24N2O2S/c1-3-4-6-16(7-8-17)11-14(18)15(2)10-13-5-9-19-12-13/h5,9,12,17H,3-4,6-8,10-11H2,1-2H3. The van der Waals surface area contributed by atoms with Crippen LogP contribution in [0.15, 0.2) is 16.8 Å². The predicted molar refractivity (Wildman–Crippen MR) is 79.2 cm³/mol. The largest absolute Gasteiger partial charge is 0.395 e. The first-order chi connectivity index (χ1) is 9.17. The van der Waals surface area contributed by atoms with E-state index in [1.165, 1.54) is 5.56 Å². The van der Waals surface area contributed by atoms with Crippen LogP contribution in [-0.2, 0) is 11.3 Å². The molecule has 108 valence electrons. The molecule has 5 heteroatoms. The second-order valence-corrected chi connectivity index (χ2v) is 5.51. The van der Waals surface area contributed by atoms with Crippen molar-refractivity contribution >= 4 is 17.2 Å². The minimum absolute atomic E-state index is 0.102. The van der Waals surface area contributed by atoms with Gasteiger partial charge in [-0.05, 0) is 35.4 Å². The van der Waals surface area contributed by atoms with Gasteiger partial charge in [-0.3, -0.25) is 9.69 Å². The highest BCUT2D eigenvalue weighted by molar-refractivity contribution is 7.07. The van der Waals surface area contributed by atoms with Crippen molar-refractivity contribution in [1.29, 1.82) is 0 Å². The number of aliphatic hydroxyl groups excluding tert-OH is 1. The Kier molecular flexibility index (Phi) is 7.70. The molecule has 0 saturated carbocycles. The molecule has 1 aromatic rings. The molecule has 1 heterocycles. The van der Waals surface area contributed by atoms with E-state index in [4.69, 9.17) is 5.11 Å². The fraction of sp³-hybridized carbons (Fsp3) is 0.643. The number of unbranched alkanes of at least 4 members (excludes halogenated alkanes) is 1. The molecule has 19 heavy (non-hydrogen) atoms. The normalized spacial score (nSPS) is 10.9. The molecule has 0 bridgehead atoms. The summed E-state index contributed by atoms with van der Waals surface area (Å²) in [5, 5.41) is 13.1. The summed E-state index contributed by atoms with van der Waals surface area (Å²) in [7, 11) is 1.83. The summed E-state index contributed by atoms with van der Waals surface area (Å²) >= 11 is 1.64. The molecule has 0 atom stereocenters. The van der Waals surface area contributed by atoms with Crippen LogP contribution in [-0.4, -0.2) is 54.1 Å². The number of rotatable bonds is 9. The van der Waals surface area contributed by atoms with Gasteiger partial charge in [-0.1, -0.05) is 13.3 Å². The third kappa shape index (κ3) is 6.18. The lowest BCUT2D eigenvalue weighted by atomic mass is 10.3. The first-order valence-electron chi connectivity index (χ1n) is 6.75. The van der Waals surface area contributed by atoms with Gasteiger partial charge in [0.1, 0.15) is 0 Å². The van der Waals surface area contributed by atoms with Crippen LogP contribution in [0.4, 0.5) is 0 Å². The van der Waals surface area contributed by atoms with E-state index < -0.39 is 0 Å². The van der Waals surface area contributed by atoms with Crippen molar-refractivity contribution in [3.63, 3.8) is 0 Å². The molecular weight excluding hydrogens is 260 g/mol. The highest BCUT2D eigenvalue weighted by atomic mass is 32.1. The van der Waals surface area contributed by atoms with Gasteiger partial charge < -0.3 is 10.0 Å². The molecule has 0 spiro atoms. The fourth-order valence-electron chi connectivity index (χ4n) is 1.85. The molecule has 0 aliphatic heterocycles. The van der Waals surface area contributed by atoms with Gasteiger partial charge in [0.05, 0.1) is 13.2 Å². The van der Waals surface area contributed by atoms with Crippen LogP contribution < -0.4 is 0 Å². The van der Waals surface area contributed by atoms with Crippen molar-refractivity contribution in [2.24, 2.45) is 0 Å². The molecule has 0 unspecified atom stereocenters. The second kappa shape index (κ2) is 9.07. The zero-order valence-corrected chi connectivity index (χ0v) is 12.7. The van der Waals surface area contributed by atoms with E-state index in [9.17, 15) is 4.79 Å². The lowest BCUT2D eigenvalue weighted by Crippen LogP contribution is -2.39. The molecule has 0 saturated heterocycles. The van der Waals surface area contributed by atoms with Gasteiger partial charge in [-0.15, -0.1) is 0 Å². The van der Waals surface area contributed by atoms with Crippen molar-refractivity contribution in [2.75, 3.05) is 33.3 Å². The molecule has 0 aliphatic carbocycles. The Morgan fingerprint density at radius 3 is 2.79 bits per heavy atom. The lowest BCUT2D eigenvalue weighted by molar-refractivity contribution is -0.131. The maximum atomic E-state index is 12.1. The molecule has 0 radical (unpaired) electrons. The number of carbonyl (C=O) groups is 1. The summed E-state index contributed by atoms with van der Waals surface area (Å²) in [6, 6.07) is 2.04. The number of carbonyl (C=O) groups excluding carboxylic acids is 1. The summed E-state index contributed by atoms with van der Waals surface area (Å²) in [6.45, 7) is 4.71. The summed E-state index contributed by atoms with van der Waals surface area (Å²) in [4.78, 5) is 15.9. The number of hydrogen-bond acceptors (Lipinski definition) is 4. The third-order valence-electron chi connectivity index (χ3n) is 3.03.